The van der Waals surface area contributed by atoms with Crippen LogP contribution in [-0.2, 0) is 38.7 Å². The van der Waals surface area contributed by atoms with Gasteiger partial charge in [-0.3, -0.25) is 19.4 Å². The van der Waals surface area contributed by atoms with Crippen LogP contribution in [0.4, 0.5) is 26.3 Å². The molecule has 0 saturated carbocycles. The van der Waals surface area contributed by atoms with Gasteiger partial charge in [-0.2, -0.15) is 31.6 Å². The number of pyridine rings is 1. The highest BCUT2D eigenvalue weighted by Gasteiger charge is 2.57. The number of amides is 2. The van der Waals surface area contributed by atoms with Crippen LogP contribution < -0.4 is 4.74 Å². The Bertz CT molecular complexity index is 1890. The Morgan fingerprint density at radius 1 is 1.04 bits per heavy atom. The number of hydrogen-bond donors (Lipinski definition) is 1. The molecule has 2 aliphatic rings. The van der Waals surface area contributed by atoms with Crippen molar-refractivity contribution in [2.45, 2.75) is 94.3 Å². The van der Waals surface area contributed by atoms with Crippen molar-refractivity contribution in [2.24, 2.45) is 0 Å². The molecule has 2 atom stereocenters. The van der Waals surface area contributed by atoms with E-state index in [2.05, 4.69) is 11.1 Å². The molecule has 2 saturated heterocycles. The molecule has 0 spiro atoms. The Hall–Kier alpha value is -4.69. The summed E-state index contributed by atoms with van der Waals surface area (Å²) in [6, 6.07) is 10.9. The summed E-state index contributed by atoms with van der Waals surface area (Å²) in [7, 11) is 0. The fraction of sp³-hybridized carbons (Fsp3) is 0.500. The van der Waals surface area contributed by atoms with Crippen LogP contribution in [0.25, 0.3) is 0 Å². The van der Waals surface area contributed by atoms with Crippen LogP contribution in [0.3, 0.4) is 0 Å². The number of aromatic nitrogens is 1. The van der Waals surface area contributed by atoms with Crippen LogP contribution in [-0.4, -0.2) is 75.6 Å². The second-order valence-electron chi connectivity index (χ2n) is 13.6. The monoisotopic (exact) mass is 794 g/mol. The van der Waals surface area contributed by atoms with Crippen LogP contribution in [0.15, 0.2) is 54.0 Å². The molecule has 3 aromatic rings. The highest BCUT2D eigenvalue weighted by Crippen LogP contribution is 2.44. The lowest BCUT2D eigenvalue weighted by Crippen LogP contribution is -2.68. The third-order valence-corrected chi connectivity index (χ3v) is 11.1. The van der Waals surface area contributed by atoms with Crippen molar-refractivity contribution in [3.8, 4) is 11.8 Å². The number of rotatable bonds is 13. The van der Waals surface area contributed by atoms with Gasteiger partial charge in [-0.25, -0.2) is 0 Å². The number of carboxylic acids is 1. The average Bonchev–Trinajstić information content (AvgIpc) is 3.64. The number of alkyl halides is 6. The Morgan fingerprint density at radius 2 is 1.76 bits per heavy atom. The molecule has 55 heavy (non-hydrogen) atoms. The number of carbonyl (C=O) groups excluding carboxylic acids is 2. The molecule has 2 aromatic heterocycles. The zero-order valence-corrected chi connectivity index (χ0v) is 30.7. The van der Waals surface area contributed by atoms with Crippen molar-refractivity contribution in [1.82, 2.24) is 14.8 Å². The van der Waals surface area contributed by atoms with Crippen molar-refractivity contribution in [3.63, 3.8) is 0 Å². The number of likely N-dealkylation sites (tertiary alicyclic amines) is 2. The van der Waals surface area contributed by atoms with E-state index >= 15 is 0 Å². The number of nitriles is 1. The summed E-state index contributed by atoms with van der Waals surface area (Å²) < 4.78 is 95.3. The van der Waals surface area contributed by atoms with Gasteiger partial charge in [-0.15, -0.1) is 11.3 Å². The predicted octanol–water partition coefficient (Wildman–Crippen LogP) is 7.87. The lowest BCUT2D eigenvalue weighted by molar-refractivity contribution is -0.160. The molecule has 0 aliphatic carbocycles. The first-order valence-corrected chi connectivity index (χ1v) is 18.7. The Kier molecular flexibility index (Phi) is 12.8. The van der Waals surface area contributed by atoms with Crippen molar-refractivity contribution in [3.05, 3.63) is 81.3 Å². The van der Waals surface area contributed by atoms with Crippen LogP contribution in [0.2, 0.25) is 0 Å². The van der Waals surface area contributed by atoms with E-state index < -0.39 is 63.3 Å². The minimum absolute atomic E-state index is 0.0218. The van der Waals surface area contributed by atoms with Crippen molar-refractivity contribution in [1.29, 1.82) is 5.26 Å². The van der Waals surface area contributed by atoms with E-state index in [0.717, 1.165) is 34.7 Å². The number of piperidine rings is 2. The molecule has 2 amide bonds. The minimum atomic E-state index is -4.92. The topological polar surface area (TPSA) is 133 Å². The smallest absolute Gasteiger partial charge is 0.425 e. The van der Waals surface area contributed by atoms with Gasteiger partial charge >= 0.3 is 18.3 Å². The van der Waals surface area contributed by atoms with Gasteiger partial charge in [-0.1, -0.05) is 37.6 Å². The largest absolute Gasteiger partial charge is 0.481 e. The molecular formula is C38H40F6N4O6S. The highest BCUT2D eigenvalue weighted by molar-refractivity contribution is 7.10. The second-order valence-corrected chi connectivity index (χ2v) is 14.5. The third-order valence-electron chi connectivity index (χ3n) is 10.1. The van der Waals surface area contributed by atoms with Gasteiger partial charge in [0.2, 0.25) is 5.60 Å². The van der Waals surface area contributed by atoms with Crippen molar-refractivity contribution >= 4 is 29.1 Å². The average molecular weight is 795 g/mol. The second kappa shape index (κ2) is 17.0. The molecule has 0 bridgehead atoms. The molecule has 0 radical (unpaired) electrons. The quantitative estimate of drug-likeness (QED) is 0.137. The number of carboxylic acid groups (broad SMARTS) is 1. The predicted molar refractivity (Wildman–Crippen MR) is 187 cm³/mol. The fourth-order valence-corrected chi connectivity index (χ4v) is 8.17. The number of hydrogen-bond acceptors (Lipinski definition) is 8. The fourth-order valence-electron chi connectivity index (χ4n) is 7.50. The molecule has 10 nitrogen and oxygen atoms in total. The normalized spacial score (nSPS) is 20.1. The highest BCUT2D eigenvalue weighted by atomic mass is 32.1. The molecule has 1 N–H and O–H groups in total. The van der Waals surface area contributed by atoms with E-state index in [-0.39, 0.29) is 77.1 Å². The molecular weight excluding hydrogens is 754 g/mol. The zero-order chi connectivity index (χ0) is 40.0. The number of benzene rings is 1. The summed E-state index contributed by atoms with van der Waals surface area (Å²) in [5.74, 6) is -2.95. The van der Waals surface area contributed by atoms with Crippen LogP contribution in [0, 0.1) is 11.3 Å². The number of thiophene rings is 1. The molecule has 0 unspecified atom stereocenters. The van der Waals surface area contributed by atoms with Crippen LogP contribution in [0.1, 0.15) is 90.3 Å². The van der Waals surface area contributed by atoms with Gasteiger partial charge in [0.1, 0.15) is 16.3 Å². The lowest BCUT2D eigenvalue weighted by Gasteiger charge is -2.51. The zero-order valence-electron chi connectivity index (χ0n) is 29.9. The van der Waals surface area contributed by atoms with E-state index in [1.54, 1.807) is 31.2 Å². The van der Waals surface area contributed by atoms with E-state index in [9.17, 15) is 46.0 Å². The molecule has 5 rings (SSSR count). The first-order valence-electron chi connectivity index (χ1n) is 17.8. The molecule has 17 heteroatoms. The number of ether oxygens (including phenoxy) is 2. The van der Waals surface area contributed by atoms with Gasteiger partial charge in [0.05, 0.1) is 29.7 Å². The Balaban J connectivity index is 1.48. The molecule has 1 aromatic carbocycles. The maximum atomic E-state index is 15.0. The molecule has 4 heterocycles. The standard InChI is InChI=1S/C38H40F6N4O6S/c1-2-8-29-36(54-26-21-30(55-23-26)38(42,43)44,13-7-17-48(29)33(51)32-28(37(39,40)41)11-5-16-46-32)34(52)47-18-14-35(24-45,15-19-47)27-10-4-3-9-25(27)22-53-20-6-12-31(49)50/h3-5,9-11,16,21,23,29H,2,6-8,12-15,17-20,22H2,1H3,(H,49,50)/t29-,36+/m1/s1. The van der Waals surface area contributed by atoms with E-state index in [1.165, 1.54) is 4.90 Å². The maximum absolute atomic E-state index is 15.0. The minimum Gasteiger partial charge on any atom is -0.481 e. The molecule has 296 valence electrons. The summed E-state index contributed by atoms with van der Waals surface area (Å²) in [5, 5.41) is 20.6. The van der Waals surface area contributed by atoms with E-state index in [0.29, 0.717) is 35.3 Å². The number of carbonyl (C=O) groups is 3. The summed E-state index contributed by atoms with van der Waals surface area (Å²) in [5.41, 5.74) is -3.78. The first kappa shape index (κ1) is 41.5. The summed E-state index contributed by atoms with van der Waals surface area (Å²) in [4.78, 5) is 45.3. The Labute approximate surface area is 317 Å². The van der Waals surface area contributed by atoms with Crippen molar-refractivity contribution < 1.29 is 55.3 Å². The maximum Gasteiger partial charge on any atom is 0.425 e. The number of aliphatic carboxylic acids is 1. The SMILES string of the molecule is CCC[C@H]1N(C(=O)c2ncccc2C(F)(F)F)CCC[C@@]1(Oc1csc(C(F)(F)F)c1)C(=O)N1CCC(C#N)(c2ccccc2COCCCC(=O)O)CC1. The van der Waals surface area contributed by atoms with E-state index in [1.807, 2.05) is 0 Å². The summed E-state index contributed by atoms with van der Waals surface area (Å²) >= 11 is 0.363. The van der Waals surface area contributed by atoms with Gasteiger partial charge in [0.15, 0.2) is 0 Å². The first-order chi connectivity index (χ1) is 26.1. The van der Waals surface area contributed by atoms with E-state index in [4.69, 9.17) is 14.6 Å². The molecule has 2 aliphatic heterocycles. The van der Waals surface area contributed by atoms with Crippen molar-refractivity contribution in [2.75, 3.05) is 26.2 Å². The Morgan fingerprint density at radius 3 is 2.40 bits per heavy atom. The molecule has 2 fully saturated rings. The number of halogens is 6. The summed E-state index contributed by atoms with van der Waals surface area (Å²) in [6.07, 6.45) is -7.58. The van der Waals surface area contributed by atoms with Crippen LogP contribution >= 0.6 is 11.3 Å². The van der Waals surface area contributed by atoms with Gasteiger partial charge in [-0.05, 0) is 55.4 Å². The van der Waals surface area contributed by atoms with Gasteiger partial charge in [0.25, 0.3) is 11.8 Å². The number of nitrogens with zero attached hydrogens (tertiary/aromatic N) is 4. The summed E-state index contributed by atoms with van der Waals surface area (Å²) in [6.45, 7) is 2.04. The van der Waals surface area contributed by atoms with Gasteiger partial charge < -0.3 is 24.4 Å². The van der Waals surface area contributed by atoms with Crippen LogP contribution in [0.5, 0.6) is 5.75 Å². The van der Waals surface area contributed by atoms with Gasteiger partial charge in [0, 0.05) is 56.7 Å². The lowest BCUT2D eigenvalue weighted by atomic mass is 9.71. The third kappa shape index (κ3) is 9.07.